The molecule has 228 valence electrons. The van der Waals surface area contributed by atoms with Crippen LogP contribution in [0, 0.1) is 11.2 Å². The first-order valence-electron chi connectivity index (χ1n) is 14.4. The van der Waals surface area contributed by atoms with Crippen LogP contribution in [0.3, 0.4) is 0 Å². The molecule has 3 amide bonds. The minimum atomic E-state index is -0.744. The van der Waals surface area contributed by atoms with E-state index < -0.39 is 11.3 Å². The van der Waals surface area contributed by atoms with Crippen molar-refractivity contribution in [2.75, 3.05) is 19.7 Å². The van der Waals surface area contributed by atoms with E-state index in [0.717, 1.165) is 27.9 Å². The van der Waals surface area contributed by atoms with Crippen molar-refractivity contribution >= 4 is 29.3 Å². The van der Waals surface area contributed by atoms with E-state index in [2.05, 4.69) is 0 Å². The lowest BCUT2D eigenvalue weighted by Crippen LogP contribution is -2.49. The average Bonchev–Trinajstić information content (AvgIpc) is 3.36. The zero-order valence-electron chi connectivity index (χ0n) is 24.4. The minimum Gasteiger partial charge on any atom is -0.484 e. The monoisotopic (exact) mass is 616 g/mol. The number of piperidine rings is 1. The van der Waals surface area contributed by atoms with Crippen LogP contribution in [0.1, 0.15) is 35.3 Å². The van der Waals surface area contributed by atoms with E-state index in [1.54, 1.807) is 35.2 Å². The molecule has 8 nitrogen and oxygen atoms in total. The normalized spacial score (nSPS) is 14.3. The summed E-state index contributed by atoms with van der Waals surface area (Å²) in [5.74, 6) is -0.928. The number of carbonyl (C=O) groups excluding carboxylic acids is 3. The van der Waals surface area contributed by atoms with Crippen molar-refractivity contribution in [3.05, 3.63) is 101 Å². The molecule has 10 heteroatoms. The van der Waals surface area contributed by atoms with E-state index in [9.17, 15) is 18.8 Å². The van der Waals surface area contributed by atoms with Crippen molar-refractivity contribution in [3.63, 3.8) is 0 Å². The van der Waals surface area contributed by atoms with Crippen LogP contribution in [0.25, 0.3) is 22.4 Å². The number of amides is 3. The Balaban J connectivity index is 1.40. The molecule has 1 aromatic heterocycles. The molecule has 1 fully saturated rings. The number of hydrogen-bond donors (Lipinski definition) is 2. The molecular weight excluding hydrogens is 583 g/mol. The lowest BCUT2D eigenvalue weighted by molar-refractivity contribution is -0.130. The maximum atomic E-state index is 14.0. The molecule has 0 bridgehead atoms. The molecule has 4 N–H and O–H groups in total. The Morgan fingerprint density at radius 1 is 0.932 bits per heavy atom. The molecule has 0 spiro atoms. The van der Waals surface area contributed by atoms with Crippen molar-refractivity contribution < 1.29 is 23.5 Å². The summed E-state index contributed by atoms with van der Waals surface area (Å²) >= 11 is 6.62. The summed E-state index contributed by atoms with van der Waals surface area (Å²) in [6, 6.07) is 22.7. The molecule has 0 aliphatic carbocycles. The third-order valence-electron chi connectivity index (χ3n) is 8.46. The molecule has 5 rings (SSSR count). The van der Waals surface area contributed by atoms with Gasteiger partial charge in [-0.25, -0.2) is 4.39 Å². The van der Waals surface area contributed by atoms with Crippen LogP contribution >= 0.6 is 11.6 Å². The number of aromatic nitrogens is 1. The summed E-state index contributed by atoms with van der Waals surface area (Å²) in [4.78, 5) is 39.5. The van der Waals surface area contributed by atoms with Gasteiger partial charge in [-0.1, -0.05) is 41.9 Å². The van der Waals surface area contributed by atoms with Gasteiger partial charge >= 0.3 is 0 Å². The third-order valence-corrected chi connectivity index (χ3v) is 8.79. The van der Waals surface area contributed by atoms with E-state index >= 15 is 0 Å². The quantitative estimate of drug-likeness (QED) is 0.249. The standard InChI is InChI=1S/C34H34ClFN4O4/c1-39-29(32(42)40-18-16-34(17-19-40,33(38)43)15-14-22-6-10-24(36)11-7-22)20-27(26-4-2-3-5-28(26)35)31(39)23-8-12-25(13-9-23)44-21-30(37)41/h2-13,20H,14-19,21H2,1H3,(H2,37,41)(H2,38,43). The van der Waals surface area contributed by atoms with Crippen LogP contribution in [-0.2, 0) is 23.1 Å². The van der Waals surface area contributed by atoms with Crippen LogP contribution in [0.2, 0.25) is 5.02 Å². The van der Waals surface area contributed by atoms with Crippen molar-refractivity contribution in [1.29, 1.82) is 0 Å². The lowest BCUT2D eigenvalue weighted by atomic mass is 9.73. The van der Waals surface area contributed by atoms with Gasteiger partial charge in [0.1, 0.15) is 17.3 Å². The summed E-state index contributed by atoms with van der Waals surface area (Å²) in [7, 11) is 1.83. The lowest BCUT2D eigenvalue weighted by Gasteiger charge is -2.40. The summed E-state index contributed by atoms with van der Waals surface area (Å²) in [5, 5.41) is 0.546. The highest BCUT2D eigenvalue weighted by atomic mass is 35.5. The highest BCUT2D eigenvalue weighted by Gasteiger charge is 2.41. The predicted molar refractivity (Wildman–Crippen MR) is 167 cm³/mol. The number of rotatable bonds is 10. The molecule has 4 aromatic rings. The molecule has 1 aliphatic heterocycles. The van der Waals surface area contributed by atoms with Crippen LogP contribution in [-0.4, -0.2) is 46.9 Å². The maximum Gasteiger partial charge on any atom is 0.270 e. The fourth-order valence-electron chi connectivity index (χ4n) is 5.86. The second-order valence-electron chi connectivity index (χ2n) is 11.2. The van der Waals surface area contributed by atoms with Crippen LogP contribution < -0.4 is 16.2 Å². The zero-order chi connectivity index (χ0) is 31.4. The van der Waals surface area contributed by atoms with Gasteiger partial charge in [-0.15, -0.1) is 0 Å². The number of halogens is 2. The second kappa shape index (κ2) is 12.9. The fourth-order valence-corrected chi connectivity index (χ4v) is 6.10. The first-order chi connectivity index (χ1) is 21.1. The number of primary amides is 2. The fraction of sp³-hybridized carbons (Fsp3) is 0.265. The Bertz CT molecular complexity index is 1680. The predicted octanol–water partition coefficient (Wildman–Crippen LogP) is 5.36. The molecule has 0 unspecified atom stereocenters. The van der Waals surface area contributed by atoms with Crippen molar-refractivity contribution in [1.82, 2.24) is 9.47 Å². The molecule has 2 heterocycles. The third kappa shape index (κ3) is 6.48. The number of nitrogens with zero attached hydrogens (tertiary/aromatic N) is 2. The molecular formula is C34H34ClFN4O4. The van der Waals surface area contributed by atoms with Gasteiger partial charge in [0.25, 0.3) is 11.8 Å². The van der Waals surface area contributed by atoms with Gasteiger partial charge in [-0.05, 0) is 85.3 Å². The molecule has 0 radical (unpaired) electrons. The van der Waals surface area contributed by atoms with Crippen LogP contribution in [0.15, 0.2) is 78.9 Å². The number of benzene rings is 3. The Labute approximate surface area is 260 Å². The molecule has 1 saturated heterocycles. The Morgan fingerprint density at radius 3 is 2.20 bits per heavy atom. The summed E-state index contributed by atoms with van der Waals surface area (Å²) in [5.41, 5.74) is 14.9. The van der Waals surface area contributed by atoms with Crippen LogP contribution in [0.5, 0.6) is 5.75 Å². The largest absolute Gasteiger partial charge is 0.484 e. The SMILES string of the molecule is Cn1c(C(=O)N2CCC(CCc3ccc(F)cc3)(C(N)=O)CC2)cc(-c2ccccc2Cl)c1-c1ccc(OCC(N)=O)cc1. The van der Waals surface area contributed by atoms with Gasteiger partial charge in [0, 0.05) is 36.3 Å². The van der Waals surface area contributed by atoms with Crippen molar-refractivity contribution in [2.45, 2.75) is 25.7 Å². The number of hydrogen-bond acceptors (Lipinski definition) is 4. The second-order valence-corrected chi connectivity index (χ2v) is 11.6. The number of likely N-dealkylation sites (tertiary alicyclic amines) is 1. The van der Waals surface area contributed by atoms with E-state index in [-0.39, 0.29) is 24.2 Å². The van der Waals surface area contributed by atoms with Gasteiger partial charge in [0.2, 0.25) is 5.91 Å². The Kier molecular flexibility index (Phi) is 9.06. The zero-order valence-corrected chi connectivity index (χ0v) is 25.1. The molecule has 0 saturated carbocycles. The highest BCUT2D eigenvalue weighted by Crippen LogP contribution is 2.40. The van der Waals surface area contributed by atoms with Gasteiger partial charge in [-0.2, -0.15) is 0 Å². The number of ether oxygens (including phenoxy) is 1. The summed E-state index contributed by atoms with van der Waals surface area (Å²) in [6.07, 6.45) is 2.00. The van der Waals surface area contributed by atoms with Gasteiger partial charge < -0.3 is 25.7 Å². The number of nitrogens with two attached hydrogens (primary N) is 2. The number of aryl methyl sites for hydroxylation is 1. The molecule has 44 heavy (non-hydrogen) atoms. The smallest absolute Gasteiger partial charge is 0.270 e. The highest BCUT2D eigenvalue weighted by molar-refractivity contribution is 6.33. The van der Waals surface area contributed by atoms with E-state index in [1.165, 1.54) is 12.1 Å². The van der Waals surface area contributed by atoms with Gasteiger partial charge in [-0.3, -0.25) is 14.4 Å². The maximum absolute atomic E-state index is 14.0. The van der Waals surface area contributed by atoms with Crippen molar-refractivity contribution in [2.24, 2.45) is 23.9 Å². The Hall–Kier alpha value is -4.63. The van der Waals surface area contributed by atoms with E-state index in [4.69, 9.17) is 27.8 Å². The van der Waals surface area contributed by atoms with E-state index in [0.29, 0.717) is 55.2 Å². The molecule has 0 atom stereocenters. The first kappa shape index (κ1) is 30.8. The number of carbonyl (C=O) groups is 3. The Morgan fingerprint density at radius 2 is 1.59 bits per heavy atom. The summed E-state index contributed by atoms with van der Waals surface area (Å²) in [6.45, 7) is 0.518. The first-order valence-corrected chi connectivity index (χ1v) is 14.8. The average molecular weight is 617 g/mol. The van der Waals surface area contributed by atoms with Gasteiger partial charge in [0.15, 0.2) is 6.61 Å². The topological polar surface area (TPSA) is 121 Å². The summed E-state index contributed by atoms with van der Waals surface area (Å²) < 4.78 is 20.6. The van der Waals surface area contributed by atoms with Gasteiger partial charge in [0.05, 0.1) is 11.1 Å². The van der Waals surface area contributed by atoms with Crippen molar-refractivity contribution in [3.8, 4) is 28.1 Å². The molecule has 1 aliphatic rings. The minimum absolute atomic E-state index is 0.162. The van der Waals surface area contributed by atoms with E-state index in [1.807, 2.05) is 48.0 Å². The van der Waals surface area contributed by atoms with Crippen LogP contribution in [0.4, 0.5) is 4.39 Å². The molecule has 3 aromatic carbocycles.